The van der Waals surface area contributed by atoms with Crippen LogP contribution in [0.15, 0.2) is 95.4 Å². The minimum atomic E-state index is 0.716. The van der Waals surface area contributed by atoms with Crippen LogP contribution in [-0.2, 0) is 0 Å². The van der Waals surface area contributed by atoms with Crippen LogP contribution >= 0.6 is 0 Å². The Bertz CT molecular complexity index is 1550. The standard InChI is InChI=1S/C27H18N2O/c1-17-15-21(25-20-12-6-8-14-23(20)30-24(25)16-17)27-28-22-13-7-5-11-19(22)26(29-27)18-9-3-2-4-10-18/h2-16H,1H3. The van der Waals surface area contributed by atoms with Crippen molar-refractivity contribution < 1.29 is 4.42 Å². The van der Waals surface area contributed by atoms with Gasteiger partial charge in [-0.1, -0.05) is 66.7 Å². The highest BCUT2D eigenvalue weighted by molar-refractivity contribution is 6.12. The summed E-state index contributed by atoms with van der Waals surface area (Å²) in [7, 11) is 0. The number of fused-ring (bicyclic) bond motifs is 4. The highest BCUT2D eigenvalue weighted by Gasteiger charge is 2.17. The lowest BCUT2D eigenvalue weighted by atomic mass is 10.0. The zero-order valence-electron chi connectivity index (χ0n) is 16.5. The molecule has 30 heavy (non-hydrogen) atoms. The summed E-state index contributed by atoms with van der Waals surface area (Å²) in [5.41, 5.74) is 6.82. The Balaban J connectivity index is 1.73. The molecule has 0 fully saturated rings. The molecule has 0 N–H and O–H groups in total. The predicted molar refractivity (Wildman–Crippen MR) is 122 cm³/mol. The van der Waals surface area contributed by atoms with Crippen LogP contribution < -0.4 is 0 Å². The first-order valence-corrected chi connectivity index (χ1v) is 10.0. The number of aromatic nitrogens is 2. The molecule has 142 valence electrons. The topological polar surface area (TPSA) is 38.9 Å². The van der Waals surface area contributed by atoms with Gasteiger partial charge in [0, 0.05) is 27.3 Å². The molecule has 6 rings (SSSR count). The van der Waals surface area contributed by atoms with Crippen molar-refractivity contribution in [2.75, 3.05) is 0 Å². The van der Waals surface area contributed by atoms with Crippen LogP contribution in [0.5, 0.6) is 0 Å². The van der Waals surface area contributed by atoms with Crippen LogP contribution in [0.1, 0.15) is 5.56 Å². The molecule has 3 nitrogen and oxygen atoms in total. The monoisotopic (exact) mass is 386 g/mol. The van der Waals surface area contributed by atoms with Gasteiger partial charge in [0.2, 0.25) is 0 Å². The third kappa shape index (κ3) is 2.60. The second-order valence-corrected chi connectivity index (χ2v) is 7.56. The van der Waals surface area contributed by atoms with Crippen molar-refractivity contribution in [3.8, 4) is 22.6 Å². The quantitative estimate of drug-likeness (QED) is 0.317. The molecule has 2 heterocycles. The summed E-state index contributed by atoms with van der Waals surface area (Å²) in [6, 6.07) is 30.9. The summed E-state index contributed by atoms with van der Waals surface area (Å²) >= 11 is 0. The minimum Gasteiger partial charge on any atom is -0.456 e. The first-order valence-electron chi connectivity index (χ1n) is 10.0. The minimum absolute atomic E-state index is 0.716. The molecule has 4 aromatic carbocycles. The van der Waals surface area contributed by atoms with Crippen molar-refractivity contribution in [3.63, 3.8) is 0 Å². The fraction of sp³-hybridized carbons (Fsp3) is 0.0370. The van der Waals surface area contributed by atoms with Crippen LogP contribution in [0.3, 0.4) is 0 Å². The lowest BCUT2D eigenvalue weighted by Crippen LogP contribution is -1.96. The Hall–Kier alpha value is -3.98. The smallest absolute Gasteiger partial charge is 0.161 e. The highest BCUT2D eigenvalue weighted by Crippen LogP contribution is 2.38. The maximum absolute atomic E-state index is 6.14. The summed E-state index contributed by atoms with van der Waals surface area (Å²) in [6.45, 7) is 2.08. The van der Waals surface area contributed by atoms with Crippen molar-refractivity contribution in [1.82, 2.24) is 9.97 Å². The molecule has 2 aromatic heterocycles. The van der Waals surface area contributed by atoms with E-state index in [1.807, 2.05) is 54.6 Å². The van der Waals surface area contributed by atoms with Gasteiger partial charge < -0.3 is 4.42 Å². The Morgan fingerprint density at radius 2 is 1.40 bits per heavy atom. The molecule has 0 radical (unpaired) electrons. The Morgan fingerprint density at radius 1 is 0.667 bits per heavy atom. The number of rotatable bonds is 2. The molecule has 0 unspecified atom stereocenters. The van der Waals surface area contributed by atoms with Gasteiger partial charge in [-0.2, -0.15) is 0 Å². The fourth-order valence-electron chi connectivity index (χ4n) is 4.18. The van der Waals surface area contributed by atoms with E-state index in [1.54, 1.807) is 0 Å². The van der Waals surface area contributed by atoms with E-state index < -0.39 is 0 Å². The van der Waals surface area contributed by atoms with Gasteiger partial charge in [-0.3, -0.25) is 0 Å². The highest BCUT2D eigenvalue weighted by atomic mass is 16.3. The predicted octanol–water partition coefficient (Wildman–Crippen LogP) is 7.17. The number of aryl methyl sites for hydroxylation is 1. The number of hydrogen-bond acceptors (Lipinski definition) is 3. The molecule has 0 saturated heterocycles. The Morgan fingerprint density at radius 3 is 2.27 bits per heavy atom. The molecular weight excluding hydrogens is 368 g/mol. The summed E-state index contributed by atoms with van der Waals surface area (Å²) < 4.78 is 6.14. The third-order valence-electron chi connectivity index (χ3n) is 5.51. The first kappa shape index (κ1) is 16.9. The van der Waals surface area contributed by atoms with Crippen LogP contribution in [0.25, 0.3) is 55.5 Å². The SMILES string of the molecule is Cc1cc(-c2nc(-c3ccccc3)c3ccccc3n2)c2c(c1)oc1ccccc12. The molecule has 0 spiro atoms. The maximum atomic E-state index is 6.14. The summed E-state index contributed by atoms with van der Waals surface area (Å²) in [5.74, 6) is 0.716. The number of hydrogen-bond donors (Lipinski definition) is 0. The number of furan rings is 1. The average Bonchev–Trinajstić information content (AvgIpc) is 3.16. The van der Waals surface area contributed by atoms with E-state index >= 15 is 0 Å². The van der Waals surface area contributed by atoms with E-state index in [0.717, 1.165) is 55.2 Å². The van der Waals surface area contributed by atoms with Crippen molar-refractivity contribution >= 4 is 32.8 Å². The van der Waals surface area contributed by atoms with Crippen LogP contribution in [0.4, 0.5) is 0 Å². The zero-order chi connectivity index (χ0) is 20.1. The Labute approximate surface area is 173 Å². The molecule has 0 aliphatic rings. The van der Waals surface area contributed by atoms with Gasteiger partial charge in [0.15, 0.2) is 5.82 Å². The third-order valence-corrected chi connectivity index (χ3v) is 5.51. The second kappa shape index (κ2) is 6.53. The van der Waals surface area contributed by atoms with Gasteiger partial charge in [0.1, 0.15) is 11.2 Å². The van der Waals surface area contributed by atoms with Crippen molar-refractivity contribution in [3.05, 3.63) is 96.6 Å². The van der Waals surface area contributed by atoms with Gasteiger partial charge in [-0.25, -0.2) is 9.97 Å². The van der Waals surface area contributed by atoms with E-state index in [9.17, 15) is 0 Å². The molecule has 0 aliphatic heterocycles. The van der Waals surface area contributed by atoms with E-state index in [1.165, 1.54) is 0 Å². The number of para-hydroxylation sites is 2. The molecule has 3 heteroatoms. The molecule has 0 amide bonds. The lowest BCUT2D eigenvalue weighted by molar-refractivity contribution is 0.668. The van der Waals surface area contributed by atoms with Gasteiger partial charge in [-0.15, -0.1) is 0 Å². The van der Waals surface area contributed by atoms with Gasteiger partial charge in [0.25, 0.3) is 0 Å². The van der Waals surface area contributed by atoms with Crippen LogP contribution in [0, 0.1) is 6.92 Å². The van der Waals surface area contributed by atoms with Crippen LogP contribution in [0.2, 0.25) is 0 Å². The number of benzene rings is 4. The normalized spacial score (nSPS) is 11.5. The van der Waals surface area contributed by atoms with Crippen molar-refractivity contribution in [2.24, 2.45) is 0 Å². The van der Waals surface area contributed by atoms with Gasteiger partial charge in [0.05, 0.1) is 11.2 Å². The van der Waals surface area contributed by atoms with Crippen molar-refractivity contribution in [2.45, 2.75) is 6.92 Å². The van der Waals surface area contributed by atoms with Crippen LogP contribution in [-0.4, -0.2) is 9.97 Å². The van der Waals surface area contributed by atoms with Gasteiger partial charge in [-0.05, 0) is 36.8 Å². The van der Waals surface area contributed by atoms with E-state index in [4.69, 9.17) is 14.4 Å². The van der Waals surface area contributed by atoms with Gasteiger partial charge >= 0.3 is 0 Å². The van der Waals surface area contributed by atoms with E-state index in [0.29, 0.717) is 5.82 Å². The summed E-state index contributed by atoms with van der Waals surface area (Å²) in [6.07, 6.45) is 0. The fourth-order valence-corrected chi connectivity index (χ4v) is 4.18. The largest absolute Gasteiger partial charge is 0.456 e. The van der Waals surface area contributed by atoms with E-state index in [2.05, 4.69) is 43.3 Å². The first-order chi connectivity index (χ1) is 14.8. The summed E-state index contributed by atoms with van der Waals surface area (Å²) in [5, 5.41) is 3.19. The summed E-state index contributed by atoms with van der Waals surface area (Å²) in [4.78, 5) is 10.0. The molecular formula is C27H18N2O. The molecule has 0 bridgehead atoms. The Kier molecular flexibility index (Phi) is 3.68. The second-order valence-electron chi connectivity index (χ2n) is 7.56. The zero-order valence-corrected chi connectivity index (χ0v) is 16.5. The molecule has 0 saturated carbocycles. The lowest BCUT2D eigenvalue weighted by Gasteiger charge is -2.10. The molecule has 0 atom stereocenters. The molecule has 0 aliphatic carbocycles. The number of nitrogens with zero attached hydrogens (tertiary/aromatic N) is 2. The maximum Gasteiger partial charge on any atom is 0.161 e. The van der Waals surface area contributed by atoms with E-state index in [-0.39, 0.29) is 0 Å². The molecule has 6 aromatic rings. The van der Waals surface area contributed by atoms with Crippen molar-refractivity contribution in [1.29, 1.82) is 0 Å². The average molecular weight is 386 g/mol.